The maximum atomic E-state index is 13.0. The van der Waals surface area contributed by atoms with Gasteiger partial charge in [-0.3, -0.25) is 0 Å². The third kappa shape index (κ3) is 4.40. The maximum Gasteiger partial charge on any atom is 0.390 e. The third-order valence-corrected chi connectivity index (χ3v) is 2.15. The van der Waals surface area contributed by atoms with Crippen molar-refractivity contribution in [3.8, 4) is 5.75 Å². The molecule has 17 heavy (non-hydrogen) atoms. The van der Waals surface area contributed by atoms with Gasteiger partial charge < -0.3 is 10.8 Å². The lowest BCUT2D eigenvalue weighted by Crippen LogP contribution is -2.20. The summed E-state index contributed by atoms with van der Waals surface area (Å²) in [7, 11) is 0. The average molecular weight is 274 g/mol. The van der Waals surface area contributed by atoms with E-state index >= 15 is 0 Å². The van der Waals surface area contributed by atoms with E-state index in [-0.39, 0.29) is 23.5 Å². The number of nitrogens with two attached hydrogens (primary N) is 1. The first-order chi connectivity index (χ1) is 7.20. The quantitative estimate of drug-likeness (QED) is 0.813. The molecule has 0 aliphatic heterocycles. The topological polar surface area (TPSA) is 46.2 Å². The van der Waals surface area contributed by atoms with E-state index in [0.29, 0.717) is 0 Å². The van der Waals surface area contributed by atoms with Crippen molar-refractivity contribution < 1.29 is 22.7 Å². The molecular weight excluding hydrogens is 262 g/mol. The first-order valence-electron chi connectivity index (χ1n) is 4.52. The number of phenols is 1. The molecule has 0 unspecified atom stereocenters. The Morgan fingerprint density at radius 1 is 1.35 bits per heavy atom. The first-order valence-corrected chi connectivity index (χ1v) is 4.52. The van der Waals surface area contributed by atoms with E-state index in [9.17, 15) is 22.7 Å². The van der Waals surface area contributed by atoms with Crippen LogP contribution in [0.25, 0.3) is 0 Å². The molecular formula is C10H12ClF4NO. The molecule has 0 radical (unpaired) electrons. The van der Waals surface area contributed by atoms with Crippen LogP contribution < -0.4 is 5.73 Å². The summed E-state index contributed by atoms with van der Waals surface area (Å²) in [6.45, 7) is 1.39. The molecule has 0 aliphatic carbocycles. The van der Waals surface area contributed by atoms with Gasteiger partial charge in [0.25, 0.3) is 0 Å². The fourth-order valence-corrected chi connectivity index (χ4v) is 1.40. The lowest BCUT2D eigenvalue weighted by atomic mass is 10.0. The fourth-order valence-electron chi connectivity index (χ4n) is 1.40. The van der Waals surface area contributed by atoms with Crippen LogP contribution in [0.3, 0.4) is 0 Å². The Kier molecular flexibility index (Phi) is 5.22. The number of aromatic hydroxyl groups is 1. The van der Waals surface area contributed by atoms with Gasteiger partial charge in [-0.15, -0.1) is 12.4 Å². The van der Waals surface area contributed by atoms with Gasteiger partial charge in [-0.25, -0.2) is 4.39 Å². The molecule has 1 aromatic rings. The number of aryl methyl sites for hydroxylation is 1. The second-order valence-electron chi connectivity index (χ2n) is 3.59. The molecule has 1 rings (SSSR count). The van der Waals surface area contributed by atoms with E-state index in [2.05, 4.69) is 0 Å². The van der Waals surface area contributed by atoms with Crippen molar-refractivity contribution in [2.24, 2.45) is 5.73 Å². The Balaban J connectivity index is 0.00000256. The zero-order chi connectivity index (χ0) is 12.5. The molecule has 0 spiro atoms. The van der Waals surface area contributed by atoms with Gasteiger partial charge in [0.2, 0.25) is 0 Å². The molecule has 0 saturated carbocycles. The van der Waals surface area contributed by atoms with Gasteiger partial charge in [0.1, 0.15) is 11.6 Å². The molecule has 98 valence electrons. The molecule has 3 N–H and O–H groups in total. The van der Waals surface area contributed by atoms with Crippen molar-refractivity contribution in [2.45, 2.75) is 25.6 Å². The van der Waals surface area contributed by atoms with Crippen LogP contribution in [-0.4, -0.2) is 11.3 Å². The second kappa shape index (κ2) is 5.55. The van der Waals surface area contributed by atoms with E-state index in [0.717, 1.165) is 12.1 Å². The highest BCUT2D eigenvalue weighted by Crippen LogP contribution is 2.34. The normalized spacial score (nSPS) is 13.1. The number of benzene rings is 1. The van der Waals surface area contributed by atoms with Crippen LogP contribution in [0.4, 0.5) is 17.6 Å². The zero-order valence-electron chi connectivity index (χ0n) is 8.88. The van der Waals surface area contributed by atoms with Crippen molar-refractivity contribution in [2.75, 3.05) is 0 Å². The smallest absolute Gasteiger partial charge is 0.390 e. The van der Waals surface area contributed by atoms with Crippen LogP contribution >= 0.6 is 12.4 Å². The number of hydrogen-bond acceptors (Lipinski definition) is 2. The van der Waals surface area contributed by atoms with Crippen molar-refractivity contribution in [3.63, 3.8) is 0 Å². The summed E-state index contributed by atoms with van der Waals surface area (Å²) in [5.74, 6) is -1.11. The summed E-state index contributed by atoms with van der Waals surface area (Å²) in [5.41, 5.74) is 5.21. The number of alkyl halides is 3. The van der Waals surface area contributed by atoms with Crippen LogP contribution in [0, 0.1) is 12.7 Å². The molecule has 0 aromatic heterocycles. The van der Waals surface area contributed by atoms with Crippen molar-refractivity contribution in [1.82, 2.24) is 0 Å². The highest BCUT2D eigenvalue weighted by molar-refractivity contribution is 5.85. The largest absolute Gasteiger partial charge is 0.507 e. The molecule has 0 heterocycles. The first kappa shape index (κ1) is 16.0. The fraction of sp³-hybridized carbons (Fsp3) is 0.400. The predicted molar refractivity (Wildman–Crippen MR) is 57.7 cm³/mol. The number of halogens is 5. The van der Waals surface area contributed by atoms with Gasteiger partial charge in [0.15, 0.2) is 0 Å². The van der Waals surface area contributed by atoms with Crippen molar-refractivity contribution >= 4 is 12.4 Å². The summed E-state index contributed by atoms with van der Waals surface area (Å²) in [4.78, 5) is 0. The Bertz CT molecular complexity index is 395. The maximum absolute atomic E-state index is 13.0. The highest BCUT2D eigenvalue weighted by Gasteiger charge is 2.32. The monoisotopic (exact) mass is 273 g/mol. The molecule has 0 saturated heterocycles. The van der Waals surface area contributed by atoms with E-state index in [1.54, 1.807) is 0 Å². The lowest BCUT2D eigenvalue weighted by molar-refractivity contribution is -0.138. The number of hydrogen-bond donors (Lipinski definition) is 2. The van der Waals surface area contributed by atoms with E-state index in [4.69, 9.17) is 5.73 Å². The third-order valence-electron chi connectivity index (χ3n) is 2.15. The summed E-state index contributed by atoms with van der Waals surface area (Å²) in [6.07, 6.45) is -5.75. The highest BCUT2D eigenvalue weighted by atomic mass is 35.5. The van der Waals surface area contributed by atoms with Gasteiger partial charge in [-0.2, -0.15) is 13.2 Å². The molecule has 1 atom stereocenters. The Labute approximate surface area is 102 Å². The van der Waals surface area contributed by atoms with Crippen LogP contribution in [0.2, 0.25) is 0 Å². The van der Waals surface area contributed by atoms with E-state index in [1.165, 1.54) is 6.92 Å². The molecule has 7 heteroatoms. The molecule has 0 bridgehead atoms. The molecule has 2 nitrogen and oxygen atoms in total. The summed E-state index contributed by atoms with van der Waals surface area (Å²) in [5, 5.41) is 9.48. The Hall–Kier alpha value is -1.01. The molecule has 0 fully saturated rings. The van der Waals surface area contributed by atoms with Gasteiger partial charge in [-0.05, 0) is 24.6 Å². The van der Waals surface area contributed by atoms with Crippen molar-refractivity contribution in [3.05, 3.63) is 29.1 Å². The van der Waals surface area contributed by atoms with Crippen LogP contribution in [0.5, 0.6) is 5.75 Å². The Morgan fingerprint density at radius 3 is 2.35 bits per heavy atom. The average Bonchev–Trinajstić information content (AvgIpc) is 2.08. The summed E-state index contributed by atoms with van der Waals surface area (Å²) < 4.78 is 49.2. The van der Waals surface area contributed by atoms with E-state index in [1.807, 2.05) is 0 Å². The SMILES string of the molecule is Cc1cc(F)cc([C@@H](N)CC(F)(F)F)c1O.Cl. The molecule has 0 amide bonds. The summed E-state index contributed by atoms with van der Waals surface area (Å²) in [6, 6.07) is 0.382. The second-order valence-corrected chi connectivity index (χ2v) is 3.59. The van der Waals surface area contributed by atoms with Gasteiger partial charge in [0.05, 0.1) is 6.42 Å². The van der Waals surface area contributed by atoms with Crippen molar-refractivity contribution in [1.29, 1.82) is 0 Å². The minimum absolute atomic E-state index is 0. The van der Waals surface area contributed by atoms with Gasteiger partial charge in [0, 0.05) is 11.6 Å². The van der Waals surface area contributed by atoms with Gasteiger partial charge in [-0.1, -0.05) is 0 Å². The minimum atomic E-state index is -4.45. The van der Waals surface area contributed by atoms with Crippen LogP contribution in [0.15, 0.2) is 12.1 Å². The zero-order valence-corrected chi connectivity index (χ0v) is 9.70. The predicted octanol–water partition coefficient (Wildman–Crippen LogP) is 3.21. The van der Waals surface area contributed by atoms with Crippen LogP contribution in [-0.2, 0) is 0 Å². The minimum Gasteiger partial charge on any atom is -0.507 e. The number of phenolic OH excluding ortho intramolecular Hbond substituents is 1. The summed E-state index contributed by atoms with van der Waals surface area (Å²) >= 11 is 0. The van der Waals surface area contributed by atoms with E-state index < -0.39 is 30.2 Å². The van der Waals surface area contributed by atoms with Crippen LogP contribution in [0.1, 0.15) is 23.6 Å². The lowest BCUT2D eigenvalue weighted by Gasteiger charge is -2.16. The molecule has 1 aromatic carbocycles. The standard InChI is InChI=1S/C10H11F4NO.ClH/c1-5-2-6(11)3-7(9(5)16)8(15)4-10(12,13)14;/h2-3,8,16H,4,15H2,1H3;1H/t8-;/m0./s1. The number of rotatable bonds is 2. The molecule has 0 aliphatic rings. The van der Waals surface area contributed by atoms with Gasteiger partial charge >= 0.3 is 6.18 Å². The Morgan fingerprint density at radius 2 is 1.88 bits per heavy atom.